The molecule has 3 atom stereocenters. The molecular formula is C18H14ClF3N2O3. The van der Waals surface area contributed by atoms with Gasteiger partial charge in [-0.15, -0.1) is 0 Å². The number of urea groups is 1. The predicted molar refractivity (Wildman–Crippen MR) is 90.8 cm³/mol. The van der Waals surface area contributed by atoms with E-state index in [1.807, 2.05) is 0 Å². The van der Waals surface area contributed by atoms with Gasteiger partial charge >= 0.3 is 12.2 Å². The fourth-order valence-corrected chi connectivity index (χ4v) is 3.29. The van der Waals surface area contributed by atoms with Crippen LogP contribution in [0.3, 0.4) is 0 Å². The number of Topliss-reactive ketones (excluding diaryl/α,β-unsaturated/α-hetero) is 1. The van der Waals surface area contributed by atoms with Gasteiger partial charge < -0.3 is 15.7 Å². The minimum absolute atomic E-state index is 0.0404. The van der Waals surface area contributed by atoms with E-state index in [4.69, 9.17) is 11.6 Å². The first-order chi connectivity index (χ1) is 12.6. The molecule has 5 nitrogen and oxygen atoms in total. The number of hydrogen-bond donors (Lipinski definition) is 3. The molecule has 1 saturated heterocycles. The average molecular weight is 399 g/mol. The number of alkyl halides is 3. The van der Waals surface area contributed by atoms with Crippen LogP contribution in [0.25, 0.3) is 0 Å². The summed E-state index contributed by atoms with van der Waals surface area (Å²) in [5, 5.41) is 15.8. The minimum Gasteiger partial charge on any atom is -0.366 e. The van der Waals surface area contributed by atoms with Crippen molar-refractivity contribution in [3.05, 3.63) is 70.7 Å². The predicted octanol–water partition coefficient (Wildman–Crippen LogP) is 3.29. The Morgan fingerprint density at radius 1 is 1.07 bits per heavy atom. The molecule has 3 N–H and O–H groups in total. The first kappa shape index (κ1) is 19.2. The Hall–Kier alpha value is -2.58. The summed E-state index contributed by atoms with van der Waals surface area (Å²) in [6, 6.07) is 10.5. The van der Waals surface area contributed by atoms with Crippen molar-refractivity contribution in [2.75, 3.05) is 0 Å². The van der Waals surface area contributed by atoms with E-state index in [-0.39, 0.29) is 11.1 Å². The molecule has 0 saturated carbocycles. The second-order valence-electron chi connectivity index (χ2n) is 6.10. The standard InChI is InChI=1S/C18H14ClF3N2O3/c19-12-8-6-10(7-9-12)14-13(15(25)18(20,21)22)17(27,24-16(26)23-14)11-4-2-1-3-5-11/h1-9,13-14,27H,(H2,23,24,26). The molecular weight excluding hydrogens is 385 g/mol. The highest BCUT2D eigenvalue weighted by molar-refractivity contribution is 6.30. The van der Waals surface area contributed by atoms with Crippen LogP contribution in [-0.2, 0) is 10.5 Å². The quantitative estimate of drug-likeness (QED) is 0.742. The minimum atomic E-state index is -5.22. The molecule has 0 bridgehead atoms. The Bertz CT molecular complexity index is 858. The van der Waals surface area contributed by atoms with Gasteiger partial charge in [0.05, 0.1) is 6.04 Å². The zero-order valence-corrected chi connectivity index (χ0v) is 14.4. The molecule has 3 unspecified atom stereocenters. The third-order valence-electron chi connectivity index (χ3n) is 4.38. The van der Waals surface area contributed by atoms with Crippen molar-refractivity contribution in [3.8, 4) is 0 Å². The number of halogens is 4. The second-order valence-corrected chi connectivity index (χ2v) is 6.54. The molecule has 27 heavy (non-hydrogen) atoms. The van der Waals surface area contributed by atoms with E-state index in [1.165, 1.54) is 48.5 Å². The van der Waals surface area contributed by atoms with Gasteiger partial charge in [0.1, 0.15) is 5.92 Å². The summed E-state index contributed by atoms with van der Waals surface area (Å²) in [7, 11) is 0. The van der Waals surface area contributed by atoms with Gasteiger partial charge in [-0.25, -0.2) is 4.79 Å². The average Bonchev–Trinajstić information content (AvgIpc) is 2.61. The molecule has 1 heterocycles. The molecule has 0 spiro atoms. The summed E-state index contributed by atoms with van der Waals surface area (Å²) in [6.45, 7) is 0. The van der Waals surface area contributed by atoms with E-state index in [2.05, 4.69) is 10.6 Å². The second kappa shape index (κ2) is 6.86. The summed E-state index contributed by atoms with van der Waals surface area (Å²) in [5.41, 5.74) is -2.40. The fraction of sp³-hybridized carbons (Fsp3) is 0.222. The fourth-order valence-electron chi connectivity index (χ4n) is 3.16. The zero-order chi connectivity index (χ0) is 19.8. The number of ketones is 1. The van der Waals surface area contributed by atoms with Gasteiger partial charge in [-0.2, -0.15) is 13.2 Å². The summed E-state index contributed by atoms with van der Waals surface area (Å²) in [5.74, 6) is -4.22. The lowest BCUT2D eigenvalue weighted by Crippen LogP contribution is -2.66. The molecule has 1 aliphatic rings. The van der Waals surface area contributed by atoms with E-state index < -0.39 is 35.7 Å². The smallest absolute Gasteiger partial charge is 0.366 e. The third kappa shape index (κ3) is 3.63. The summed E-state index contributed by atoms with van der Waals surface area (Å²) >= 11 is 5.81. The first-order valence-electron chi connectivity index (χ1n) is 7.86. The maximum Gasteiger partial charge on any atom is 0.450 e. The molecule has 142 valence electrons. The molecule has 3 rings (SSSR count). The Kier molecular flexibility index (Phi) is 4.88. The topological polar surface area (TPSA) is 78.4 Å². The number of carbonyl (C=O) groups is 2. The van der Waals surface area contributed by atoms with Crippen LogP contribution in [0.1, 0.15) is 17.2 Å². The van der Waals surface area contributed by atoms with Crippen molar-refractivity contribution in [1.29, 1.82) is 0 Å². The highest BCUT2D eigenvalue weighted by Gasteiger charge is 2.59. The van der Waals surface area contributed by atoms with Crippen molar-refractivity contribution in [1.82, 2.24) is 10.6 Å². The monoisotopic (exact) mass is 398 g/mol. The Morgan fingerprint density at radius 2 is 1.67 bits per heavy atom. The summed E-state index contributed by atoms with van der Waals surface area (Å²) in [4.78, 5) is 24.4. The van der Waals surface area contributed by atoms with E-state index >= 15 is 0 Å². The highest BCUT2D eigenvalue weighted by Crippen LogP contribution is 2.42. The van der Waals surface area contributed by atoms with Gasteiger partial charge in [0.2, 0.25) is 5.78 Å². The van der Waals surface area contributed by atoms with Crippen LogP contribution in [0, 0.1) is 5.92 Å². The van der Waals surface area contributed by atoms with Crippen molar-refractivity contribution in [2.45, 2.75) is 17.9 Å². The Balaban J connectivity index is 2.18. The molecule has 1 aliphatic heterocycles. The van der Waals surface area contributed by atoms with Gasteiger partial charge in [0.15, 0.2) is 5.72 Å². The Morgan fingerprint density at radius 3 is 2.22 bits per heavy atom. The maximum absolute atomic E-state index is 13.3. The molecule has 1 fully saturated rings. The number of aliphatic hydroxyl groups is 1. The van der Waals surface area contributed by atoms with Gasteiger partial charge in [-0.05, 0) is 17.7 Å². The van der Waals surface area contributed by atoms with Crippen LogP contribution in [0.15, 0.2) is 54.6 Å². The van der Waals surface area contributed by atoms with Crippen LogP contribution in [0.4, 0.5) is 18.0 Å². The molecule has 2 amide bonds. The van der Waals surface area contributed by atoms with Gasteiger partial charge in [0, 0.05) is 10.6 Å². The third-order valence-corrected chi connectivity index (χ3v) is 4.63. The van der Waals surface area contributed by atoms with Crippen LogP contribution in [0.5, 0.6) is 0 Å². The van der Waals surface area contributed by atoms with Crippen LogP contribution >= 0.6 is 11.6 Å². The molecule has 2 aromatic carbocycles. The number of nitrogens with one attached hydrogen (secondary N) is 2. The summed E-state index contributed by atoms with van der Waals surface area (Å²) < 4.78 is 40.0. The first-order valence-corrected chi connectivity index (χ1v) is 8.24. The van der Waals surface area contributed by atoms with Gasteiger partial charge in [-0.3, -0.25) is 4.79 Å². The Labute approximate surface area is 157 Å². The number of amides is 2. The lowest BCUT2D eigenvalue weighted by molar-refractivity contribution is -0.190. The van der Waals surface area contributed by atoms with Gasteiger partial charge in [0.25, 0.3) is 0 Å². The van der Waals surface area contributed by atoms with Crippen molar-refractivity contribution < 1.29 is 27.9 Å². The lowest BCUT2D eigenvalue weighted by atomic mass is 9.76. The van der Waals surface area contributed by atoms with Gasteiger partial charge in [-0.1, -0.05) is 54.1 Å². The van der Waals surface area contributed by atoms with Crippen LogP contribution < -0.4 is 10.6 Å². The van der Waals surface area contributed by atoms with Crippen molar-refractivity contribution >= 4 is 23.4 Å². The van der Waals surface area contributed by atoms with Crippen molar-refractivity contribution in [2.24, 2.45) is 5.92 Å². The number of carbonyl (C=O) groups excluding carboxylic acids is 2. The highest BCUT2D eigenvalue weighted by atomic mass is 35.5. The largest absolute Gasteiger partial charge is 0.450 e. The summed E-state index contributed by atoms with van der Waals surface area (Å²) in [6.07, 6.45) is -5.22. The molecule has 0 aliphatic carbocycles. The normalized spacial score (nSPS) is 25.4. The van der Waals surface area contributed by atoms with Crippen LogP contribution in [-0.4, -0.2) is 23.1 Å². The van der Waals surface area contributed by atoms with Crippen LogP contribution in [0.2, 0.25) is 5.02 Å². The lowest BCUT2D eigenvalue weighted by Gasteiger charge is -2.45. The molecule has 0 radical (unpaired) electrons. The molecule has 9 heteroatoms. The van der Waals surface area contributed by atoms with Crippen molar-refractivity contribution in [3.63, 3.8) is 0 Å². The maximum atomic E-state index is 13.3. The van der Waals surface area contributed by atoms with E-state index in [1.54, 1.807) is 6.07 Å². The SMILES string of the molecule is O=C1NC(c2ccc(Cl)cc2)C(C(=O)C(F)(F)F)C(O)(c2ccccc2)N1. The number of benzene rings is 2. The number of rotatable bonds is 3. The van der Waals surface area contributed by atoms with E-state index in [0.29, 0.717) is 5.02 Å². The molecule has 2 aromatic rings. The zero-order valence-electron chi connectivity index (χ0n) is 13.6. The van der Waals surface area contributed by atoms with E-state index in [0.717, 1.165) is 0 Å². The number of hydrogen-bond acceptors (Lipinski definition) is 3. The van der Waals surface area contributed by atoms with E-state index in [9.17, 15) is 27.9 Å². The molecule has 0 aromatic heterocycles.